The van der Waals surface area contributed by atoms with E-state index in [-0.39, 0.29) is 5.97 Å². The van der Waals surface area contributed by atoms with Gasteiger partial charge in [-0.1, -0.05) is 61.2 Å². The van der Waals surface area contributed by atoms with Gasteiger partial charge in [-0.25, -0.2) is 4.79 Å². The summed E-state index contributed by atoms with van der Waals surface area (Å²) in [7, 11) is 1.39. The number of hydrogen-bond donors (Lipinski definition) is 0. The van der Waals surface area contributed by atoms with Crippen LogP contribution < -0.4 is 0 Å². The molecule has 0 amide bonds. The quantitative estimate of drug-likeness (QED) is 0.654. The van der Waals surface area contributed by atoms with Gasteiger partial charge in [0.05, 0.1) is 12.7 Å². The van der Waals surface area contributed by atoms with E-state index >= 15 is 0 Å². The Morgan fingerprint density at radius 3 is 2.23 bits per heavy atom. The average molecular weight is 288 g/mol. The van der Waals surface area contributed by atoms with Crippen molar-refractivity contribution in [1.82, 2.24) is 0 Å². The largest absolute Gasteiger partial charge is 0.465 e. The zero-order chi connectivity index (χ0) is 15.5. The van der Waals surface area contributed by atoms with Crippen molar-refractivity contribution in [1.29, 1.82) is 0 Å². The molecule has 0 aliphatic rings. The van der Waals surface area contributed by atoms with Gasteiger partial charge < -0.3 is 4.74 Å². The molecular formula is C20H16O2. The van der Waals surface area contributed by atoms with E-state index in [1.54, 1.807) is 6.07 Å². The summed E-state index contributed by atoms with van der Waals surface area (Å²) >= 11 is 0. The van der Waals surface area contributed by atoms with Crippen molar-refractivity contribution in [3.63, 3.8) is 0 Å². The molecule has 3 aromatic rings. The van der Waals surface area contributed by atoms with Gasteiger partial charge in [0.1, 0.15) is 0 Å². The molecule has 0 atom stereocenters. The van der Waals surface area contributed by atoms with Gasteiger partial charge in [0.25, 0.3) is 0 Å². The summed E-state index contributed by atoms with van der Waals surface area (Å²) in [6.45, 7) is 4.17. The molecule has 108 valence electrons. The second-order valence-electron chi connectivity index (χ2n) is 5.08. The normalized spacial score (nSPS) is 10.4. The van der Waals surface area contributed by atoms with Crippen LogP contribution in [0.1, 0.15) is 21.5 Å². The molecule has 0 N–H and O–H groups in total. The van der Waals surface area contributed by atoms with Gasteiger partial charge >= 0.3 is 5.97 Å². The predicted molar refractivity (Wildman–Crippen MR) is 89.9 cm³/mol. The Kier molecular flexibility index (Phi) is 3.75. The Hall–Kier alpha value is -2.87. The van der Waals surface area contributed by atoms with Crippen LogP contribution in [0.4, 0.5) is 0 Å². The smallest absolute Gasteiger partial charge is 0.338 e. The Labute approximate surface area is 129 Å². The zero-order valence-corrected chi connectivity index (χ0v) is 12.4. The van der Waals surface area contributed by atoms with Crippen molar-refractivity contribution in [2.45, 2.75) is 0 Å². The number of ether oxygens (including phenoxy) is 1. The molecule has 22 heavy (non-hydrogen) atoms. The average Bonchev–Trinajstić information content (AvgIpc) is 2.60. The molecule has 0 bridgehead atoms. The van der Waals surface area contributed by atoms with Gasteiger partial charge in [0.2, 0.25) is 0 Å². The van der Waals surface area contributed by atoms with Crippen LogP contribution in [-0.2, 0) is 4.74 Å². The topological polar surface area (TPSA) is 26.3 Å². The minimum Gasteiger partial charge on any atom is -0.465 e. The molecule has 3 rings (SSSR count). The highest BCUT2D eigenvalue weighted by atomic mass is 16.5. The molecule has 0 radical (unpaired) electrons. The first kappa shape index (κ1) is 14.1. The molecular weight excluding hydrogens is 272 g/mol. The highest BCUT2D eigenvalue weighted by Crippen LogP contribution is 2.27. The minimum atomic E-state index is -0.350. The van der Waals surface area contributed by atoms with E-state index in [0.717, 1.165) is 22.1 Å². The molecule has 0 spiro atoms. The molecule has 0 aromatic heterocycles. The molecule has 0 heterocycles. The lowest BCUT2D eigenvalue weighted by Crippen LogP contribution is -2.05. The molecule has 0 unspecified atom stereocenters. The molecule has 0 aliphatic carbocycles. The van der Waals surface area contributed by atoms with Crippen molar-refractivity contribution >= 4 is 22.3 Å². The van der Waals surface area contributed by atoms with Crippen molar-refractivity contribution < 1.29 is 9.53 Å². The summed E-state index contributed by atoms with van der Waals surface area (Å²) in [5, 5.41) is 2.33. The first-order chi connectivity index (χ1) is 10.7. The third-order valence-electron chi connectivity index (χ3n) is 3.76. The SMILES string of the molecule is C=C(c1ccc2ccccc2c1)c1ccccc1C(=O)OC. The van der Waals surface area contributed by atoms with Crippen LogP contribution in [0.25, 0.3) is 16.3 Å². The summed E-state index contributed by atoms with van der Waals surface area (Å²) < 4.78 is 4.85. The van der Waals surface area contributed by atoms with Crippen LogP contribution in [-0.4, -0.2) is 13.1 Å². The van der Waals surface area contributed by atoms with Gasteiger partial charge in [-0.2, -0.15) is 0 Å². The number of benzene rings is 3. The maximum atomic E-state index is 11.9. The van der Waals surface area contributed by atoms with Crippen LogP contribution in [0, 0.1) is 0 Å². The fourth-order valence-electron chi connectivity index (χ4n) is 2.57. The van der Waals surface area contributed by atoms with Gasteiger partial charge in [0, 0.05) is 0 Å². The fourth-order valence-corrected chi connectivity index (χ4v) is 2.57. The van der Waals surface area contributed by atoms with E-state index < -0.39 is 0 Å². The lowest BCUT2D eigenvalue weighted by Gasteiger charge is -2.11. The maximum Gasteiger partial charge on any atom is 0.338 e. The summed E-state index contributed by atoms with van der Waals surface area (Å²) in [6.07, 6.45) is 0. The number of methoxy groups -OCH3 is 1. The highest BCUT2D eigenvalue weighted by Gasteiger charge is 2.14. The highest BCUT2D eigenvalue weighted by molar-refractivity contribution is 5.98. The Bertz CT molecular complexity index is 862. The van der Waals surface area contributed by atoms with Crippen molar-refractivity contribution in [2.24, 2.45) is 0 Å². The van der Waals surface area contributed by atoms with Crippen molar-refractivity contribution in [2.75, 3.05) is 7.11 Å². The lowest BCUT2D eigenvalue weighted by atomic mass is 9.94. The maximum absolute atomic E-state index is 11.9. The molecule has 0 fully saturated rings. The van der Waals surface area contributed by atoms with E-state index in [2.05, 4.69) is 30.8 Å². The third kappa shape index (κ3) is 2.51. The molecule has 0 aliphatic heterocycles. The zero-order valence-electron chi connectivity index (χ0n) is 12.4. The van der Waals surface area contributed by atoms with Crippen LogP contribution in [0.15, 0.2) is 73.3 Å². The molecule has 2 heteroatoms. The summed E-state index contributed by atoms with van der Waals surface area (Å²) in [5.41, 5.74) is 3.13. The van der Waals surface area contributed by atoms with Crippen LogP contribution in [0.2, 0.25) is 0 Å². The van der Waals surface area contributed by atoms with Crippen LogP contribution in [0.5, 0.6) is 0 Å². The van der Waals surface area contributed by atoms with E-state index in [1.807, 2.05) is 36.4 Å². The first-order valence-electron chi connectivity index (χ1n) is 7.06. The molecule has 0 saturated heterocycles. The second kappa shape index (κ2) is 5.86. The van der Waals surface area contributed by atoms with Gasteiger partial charge in [-0.05, 0) is 39.6 Å². The van der Waals surface area contributed by atoms with Crippen molar-refractivity contribution in [3.05, 3.63) is 90.0 Å². The Morgan fingerprint density at radius 2 is 1.50 bits per heavy atom. The second-order valence-corrected chi connectivity index (χ2v) is 5.08. The lowest BCUT2D eigenvalue weighted by molar-refractivity contribution is 0.0600. The Balaban J connectivity index is 2.08. The van der Waals surface area contributed by atoms with Crippen LogP contribution in [0.3, 0.4) is 0 Å². The molecule has 2 nitrogen and oxygen atoms in total. The summed E-state index contributed by atoms with van der Waals surface area (Å²) in [5.74, 6) is -0.350. The monoisotopic (exact) mass is 288 g/mol. The number of esters is 1. The van der Waals surface area contributed by atoms with Gasteiger partial charge in [-0.15, -0.1) is 0 Å². The standard InChI is InChI=1S/C20H16O2/c1-14(18-9-5-6-10-19(18)20(21)22-2)16-12-11-15-7-3-4-8-17(15)13-16/h3-13H,1H2,2H3. The van der Waals surface area contributed by atoms with E-state index in [4.69, 9.17) is 4.74 Å². The minimum absolute atomic E-state index is 0.350. The summed E-state index contributed by atoms with van der Waals surface area (Å²) in [4.78, 5) is 11.9. The van der Waals surface area contributed by atoms with Gasteiger partial charge in [0.15, 0.2) is 0 Å². The third-order valence-corrected chi connectivity index (χ3v) is 3.76. The number of rotatable bonds is 3. The van der Waals surface area contributed by atoms with E-state index in [0.29, 0.717) is 5.56 Å². The molecule has 0 saturated carbocycles. The number of carbonyl (C=O) groups is 1. The van der Waals surface area contributed by atoms with Crippen LogP contribution >= 0.6 is 0 Å². The molecule has 3 aromatic carbocycles. The summed E-state index contributed by atoms with van der Waals surface area (Å²) in [6, 6.07) is 21.7. The number of fused-ring (bicyclic) bond motifs is 1. The van der Waals surface area contributed by atoms with Gasteiger partial charge in [-0.3, -0.25) is 0 Å². The van der Waals surface area contributed by atoms with Crippen molar-refractivity contribution in [3.8, 4) is 0 Å². The van der Waals surface area contributed by atoms with E-state index in [9.17, 15) is 4.79 Å². The first-order valence-corrected chi connectivity index (χ1v) is 7.06. The predicted octanol–water partition coefficient (Wildman–Crippen LogP) is 4.69. The number of hydrogen-bond acceptors (Lipinski definition) is 2. The number of carbonyl (C=O) groups excluding carboxylic acids is 1. The van der Waals surface area contributed by atoms with E-state index in [1.165, 1.54) is 12.5 Å². The fraction of sp³-hybridized carbons (Fsp3) is 0.0500. The Morgan fingerprint density at radius 1 is 0.864 bits per heavy atom.